The third kappa shape index (κ3) is 4.06. The number of benzene rings is 3. The third-order valence-electron chi connectivity index (χ3n) is 7.03. The molecule has 2 aliphatic heterocycles. The minimum atomic E-state index is -0.447. The molecule has 0 aromatic heterocycles. The van der Waals surface area contributed by atoms with Crippen molar-refractivity contribution in [3.05, 3.63) is 84.7 Å². The molecule has 3 aromatic carbocycles. The van der Waals surface area contributed by atoms with E-state index in [1.165, 1.54) is 9.79 Å². The second kappa shape index (κ2) is 8.92. The topological polar surface area (TPSA) is 18.5 Å². The quantitative estimate of drug-likeness (QED) is 0.360. The molecule has 0 radical (unpaired) electrons. The van der Waals surface area contributed by atoms with Gasteiger partial charge in [-0.3, -0.25) is 0 Å². The van der Waals surface area contributed by atoms with Crippen molar-refractivity contribution in [2.24, 2.45) is 5.92 Å². The van der Waals surface area contributed by atoms with Crippen LogP contribution < -0.4 is 4.74 Å². The van der Waals surface area contributed by atoms with Crippen molar-refractivity contribution in [1.82, 2.24) is 0 Å². The minimum Gasteiger partial charge on any atom is -0.484 e. The summed E-state index contributed by atoms with van der Waals surface area (Å²) < 4.78 is 27.7. The Hall–Kier alpha value is -2.30. The Bertz CT molecular complexity index is 1020. The van der Waals surface area contributed by atoms with Gasteiger partial charge in [0.25, 0.3) is 0 Å². The molecule has 32 heavy (non-hydrogen) atoms. The van der Waals surface area contributed by atoms with Crippen molar-refractivity contribution in [1.29, 1.82) is 0 Å². The van der Waals surface area contributed by atoms with Crippen molar-refractivity contribution >= 4 is 10.9 Å². The zero-order valence-electron chi connectivity index (χ0n) is 18.7. The predicted molar refractivity (Wildman–Crippen MR) is 127 cm³/mol. The smallest absolute Gasteiger partial charge is 0.170 e. The van der Waals surface area contributed by atoms with Crippen LogP contribution in [0.25, 0.3) is 0 Å². The van der Waals surface area contributed by atoms with E-state index >= 15 is 4.39 Å². The highest BCUT2D eigenvalue weighted by molar-refractivity contribution is 7.97. The Morgan fingerprint density at radius 1 is 0.938 bits per heavy atom. The van der Waals surface area contributed by atoms with E-state index < -0.39 is 5.60 Å². The molecule has 2 saturated heterocycles. The van der Waals surface area contributed by atoms with Gasteiger partial charge in [-0.1, -0.05) is 43.3 Å². The van der Waals surface area contributed by atoms with Crippen LogP contribution in [0.3, 0.4) is 0 Å². The first-order valence-electron chi connectivity index (χ1n) is 11.6. The molecule has 2 heterocycles. The number of rotatable bonds is 7. The molecule has 0 aliphatic carbocycles. The zero-order chi connectivity index (χ0) is 22.1. The van der Waals surface area contributed by atoms with Gasteiger partial charge in [0.15, 0.2) is 26.3 Å². The van der Waals surface area contributed by atoms with Gasteiger partial charge in [0.05, 0.1) is 23.1 Å². The second-order valence-corrected chi connectivity index (χ2v) is 11.0. The van der Waals surface area contributed by atoms with Crippen molar-refractivity contribution in [2.75, 3.05) is 0 Å². The molecule has 0 saturated carbocycles. The van der Waals surface area contributed by atoms with E-state index in [2.05, 4.69) is 62.4 Å². The van der Waals surface area contributed by atoms with E-state index in [1.807, 2.05) is 24.3 Å². The largest absolute Gasteiger partial charge is 0.484 e. The molecule has 0 N–H and O–H groups in total. The summed E-state index contributed by atoms with van der Waals surface area (Å²) in [5.74, 6) is 0.344. The highest BCUT2D eigenvalue weighted by Crippen LogP contribution is 2.47. The molecule has 2 nitrogen and oxygen atoms in total. The van der Waals surface area contributed by atoms with Crippen LogP contribution in [0, 0.1) is 11.7 Å². The van der Waals surface area contributed by atoms with E-state index in [0.29, 0.717) is 17.8 Å². The van der Waals surface area contributed by atoms with Crippen LogP contribution in [0.15, 0.2) is 93.5 Å². The molecule has 0 spiro atoms. The molecule has 2 fully saturated rings. The third-order valence-corrected chi connectivity index (χ3v) is 9.24. The first kappa shape index (κ1) is 21.5. The fraction of sp³-hybridized carbons (Fsp3) is 0.357. The summed E-state index contributed by atoms with van der Waals surface area (Å²) in [6.45, 7) is 4.26. The van der Waals surface area contributed by atoms with Gasteiger partial charge in [-0.05, 0) is 69.0 Å². The molecule has 3 aromatic rings. The molecule has 2 bridgehead atoms. The Morgan fingerprint density at radius 2 is 1.59 bits per heavy atom. The number of fused-ring (bicyclic) bond motifs is 2. The lowest BCUT2D eigenvalue weighted by atomic mass is 9.76. The highest BCUT2D eigenvalue weighted by Gasteiger charge is 2.50. The fourth-order valence-electron chi connectivity index (χ4n) is 5.15. The van der Waals surface area contributed by atoms with Crippen molar-refractivity contribution in [3.8, 4) is 5.75 Å². The average molecular weight is 450 g/mol. The van der Waals surface area contributed by atoms with E-state index in [0.717, 1.165) is 30.6 Å². The van der Waals surface area contributed by atoms with Crippen LogP contribution in [-0.2, 0) is 15.6 Å². The monoisotopic (exact) mass is 449 g/mol. The lowest BCUT2D eigenvalue weighted by Gasteiger charge is -2.38. The van der Waals surface area contributed by atoms with Crippen LogP contribution in [0.1, 0.15) is 39.5 Å². The Labute approximate surface area is 193 Å². The van der Waals surface area contributed by atoms with Crippen LogP contribution in [0.2, 0.25) is 0 Å². The molecular formula is C28H30FO2S+. The standard InChI is InChI=1S/C28H30FO2S/c1-3-28(2,24-18-20-14-17-26(24)30-20)31-27-19-23(15-16-25(27)29)32(21-10-6-4-7-11-21)22-12-8-5-9-13-22/h4-13,15-16,19-20,24,26H,3,14,17-18H2,1-2H3/q+1. The Balaban J connectivity index is 1.51. The van der Waals surface area contributed by atoms with Crippen LogP contribution >= 0.6 is 0 Å². The zero-order valence-corrected chi connectivity index (χ0v) is 19.5. The van der Waals surface area contributed by atoms with Gasteiger partial charge >= 0.3 is 0 Å². The lowest BCUT2D eigenvalue weighted by Crippen LogP contribution is -2.45. The van der Waals surface area contributed by atoms with Crippen LogP contribution in [0.4, 0.5) is 4.39 Å². The maximum Gasteiger partial charge on any atom is 0.170 e. The minimum absolute atomic E-state index is 0.236. The first-order chi connectivity index (χ1) is 15.6. The van der Waals surface area contributed by atoms with Gasteiger partial charge in [-0.25, -0.2) is 4.39 Å². The molecule has 4 unspecified atom stereocenters. The average Bonchev–Trinajstić information content (AvgIpc) is 3.47. The van der Waals surface area contributed by atoms with Crippen molar-refractivity contribution in [2.45, 2.75) is 72.0 Å². The predicted octanol–water partition coefficient (Wildman–Crippen LogP) is 7.04. The molecule has 0 amide bonds. The lowest BCUT2D eigenvalue weighted by molar-refractivity contribution is -0.0163. The van der Waals surface area contributed by atoms with Crippen molar-refractivity contribution < 1.29 is 13.9 Å². The normalized spacial score (nSPS) is 23.9. The summed E-state index contributed by atoms with van der Waals surface area (Å²) >= 11 is 0. The van der Waals surface area contributed by atoms with E-state index in [1.54, 1.807) is 6.07 Å². The summed E-state index contributed by atoms with van der Waals surface area (Å²) in [5, 5.41) is 0. The molecule has 4 heteroatoms. The summed E-state index contributed by atoms with van der Waals surface area (Å²) in [6.07, 6.45) is 4.63. The van der Waals surface area contributed by atoms with E-state index in [-0.39, 0.29) is 22.8 Å². The van der Waals surface area contributed by atoms with Crippen molar-refractivity contribution in [3.63, 3.8) is 0 Å². The first-order valence-corrected chi connectivity index (χ1v) is 12.8. The van der Waals surface area contributed by atoms with Gasteiger partial charge in [-0.2, -0.15) is 0 Å². The summed E-state index contributed by atoms with van der Waals surface area (Å²) in [7, 11) is -0.338. The Morgan fingerprint density at radius 3 is 2.12 bits per heavy atom. The molecule has 166 valence electrons. The maximum atomic E-state index is 15.0. The fourth-order valence-corrected chi connectivity index (χ4v) is 7.26. The van der Waals surface area contributed by atoms with Gasteiger partial charge in [0.2, 0.25) is 0 Å². The van der Waals surface area contributed by atoms with Crippen LogP contribution in [-0.4, -0.2) is 17.8 Å². The van der Waals surface area contributed by atoms with Gasteiger partial charge in [-0.15, -0.1) is 0 Å². The second-order valence-electron chi connectivity index (χ2n) is 9.01. The van der Waals surface area contributed by atoms with Gasteiger partial charge in [0, 0.05) is 12.0 Å². The summed E-state index contributed by atoms with van der Waals surface area (Å²) in [5.41, 5.74) is -0.447. The summed E-state index contributed by atoms with van der Waals surface area (Å²) in [4.78, 5) is 3.47. The number of halogens is 1. The number of hydrogen-bond acceptors (Lipinski definition) is 2. The van der Waals surface area contributed by atoms with Gasteiger partial charge < -0.3 is 9.47 Å². The number of ether oxygens (including phenoxy) is 2. The highest BCUT2D eigenvalue weighted by atomic mass is 32.2. The SMILES string of the molecule is CCC(C)(Oc1cc([S+](c2ccccc2)c2ccccc2)ccc1F)C1CC2CCC1O2. The number of hydrogen-bond donors (Lipinski definition) is 0. The van der Waals surface area contributed by atoms with E-state index in [4.69, 9.17) is 9.47 Å². The van der Waals surface area contributed by atoms with Gasteiger partial charge in [0.1, 0.15) is 5.60 Å². The maximum absolute atomic E-state index is 15.0. The molecular weight excluding hydrogens is 419 g/mol. The Kier molecular flexibility index (Phi) is 6.00. The summed E-state index contributed by atoms with van der Waals surface area (Å²) in [6, 6.07) is 26.2. The molecule has 5 rings (SSSR count). The molecule has 4 atom stereocenters. The molecule has 2 aliphatic rings. The van der Waals surface area contributed by atoms with Crippen LogP contribution in [0.5, 0.6) is 5.75 Å². The van der Waals surface area contributed by atoms with E-state index in [9.17, 15) is 0 Å².